The van der Waals surface area contributed by atoms with Crippen LogP contribution in [0.5, 0.6) is 5.75 Å². The predicted octanol–water partition coefficient (Wildman–Crippen LogP) is 3.62. The molecule has 2 aromatic rings. The fourth-order valence-electron chi connectivity index (χ4n) is 2.34. The van der Waals surface area contributed by atoms with Crippen molar-refractivity contribution in [3.05, 3.63) is 63.7 Å². The first kappa shape index (κ1) is 17.5. The molecule has 0 radical (unpaired) electrons. The molecule has 0 saturated heterocycles. The van der Waals surface area contributed by atoms with E-state index >= 15 is 0 Å². The smallest absolute Gasteiger partial charge is 0.293 e. The fraction of sp³-hybridized carbons (Fsp3) is 0.278. The van der Waals surface area contributed by atoms with Crippen LogP contribution in [0.2, 0.25) is 0 Å². The van der Waals surface area contributed by atoms with E-state index in [9.17, 15) is 14.9 Å². The van der Waals surface area contributed by atoms with E-state index in [4.69, 9.17) is 4.74 Å². The molecule has 0 aromatic heterocycles. The summed E-state index contributed by atoms with van der Waals surface area (Å²) in [5.74, 6) is 0.569. The maximum Gasteiger partial charge on any atom is 0.293 e. The zero-order valence-electron chi connectivity index (χ0n) is 14.0. The van der Waals surface area contributed by atoms with Crippen LogP contribution < -0.4 is 9.64 Å². The number of aryl methyl sites for hydroxylation is 1. The highest BCUT2D eigenvalue weighted by atomic mass is 16.6. The van der Waals surface area contributed by atoms with E-state index in [0.717, 1.165) is 11.3 Å². The number of Topliss-reactive ketones (excluding diaryl/α,β-unsaturated/α-hetero) is 1. The number of carbonyl (C=O) groups is 1. The van der Waals surface area contributed by atoms with E-state index in [1.54, 1.807) is 24.1 Å². The number of anilines is 1. The van der Waals surface area contributed by atoms with Crippen molar-refractivity contribution in [2.45, 2.75) is 13.8 Å². The van der Waals surface area contributed by atoms with Gasteiger partial charge in [0.15, 0.2) is 5.78 Å². The molecule has 24 heavy (non-hydrogen) atoms. The Morgan fingerprint density at radius 3 is 2.62 bits per heavy atom. The molecule has 6 heteroatoms. The second-order valence-electron chi connectivity index (χ2n) is 5.60. The maximum atomic E-state index is 11.4. The van der Waals surface area contributed by atoms with Crippen LogP contribution in [-0.2, 0) is 0 Å². The van der Waals surface area contributed by atoms with Crippen molar-refractivity contribution in [1.82, 2.24) is 0 Å². The van der Waals surface area contributed by atoms with Crippen molar-refractivity contribution >= 4 is 17.2 Å². The maximum absolute atomic E-state index is 11.4. The van der Waals surface area contributed by atoms with Gasteiger partial charge in [-0.25, -0.2) is 0 Å². The number of likely N-dealkylation sites (N-methyl/N-ethyl adjacent to an activating group) is 1. The van der Waals surface area contributed by atoms with Crippen molar-refractivity contribution in [3.8, 4) is 5.75 Å². The van der Waals surface area contributed by atoms with E-state index in [1.807, 2.05) is 31.2 Å². The Morgan fingerprint density at radius 1 is 1.25 bits per heavy atom. The van der Waals surface area contributed by atoms with Crippen LogP contribution >= 0.6 is 0 Å². The lowest BCUT2D eigenvalue weighted by molar-refractivity contribution is -0.384. The van der Waals surface area contributed by atoms with Crippen LogP contribution in [0.25, 0.3) is 0 Å². The van der Waals surface area contributed by atoms with Gasteiger partial charge < -0.3 is 9.64 Å². The number of ether oxygens (including phenoxy) is 1. The zero-order chi connectivity index (χ0) is 17.7. The molecule has 0 spiro atoms. The van der Waals surface area contributed by atoms with E-state index in [-0.39, 0.29) is 11.5 Å². The number of rotatable bonds is 7. The molecule has 6 nitrogen and oxygen atoms in total. The van der Waals surface area contributed by atoms with Crippen molar-refractivity contribution < 1.29 is 14.5 Å². The summed E-state index contributed by atoms with van der Waals surface area (Å²) in [6.45, 7) is 4.25. The van der Waals surface area contributed by atoms with E-state index in [2.05, 4.69) is 0 Å². The molecule has 0 saturated carbocycles. The van der Waals surface area contributed by atoms with Crippen LogP contribution in [0.15, 0.2) is 42.5 Å². The number of carbonyl (C=O) groups excluding carboxylic acids is 1. The molecule has 2 aromatic carbocycles. The first-order valence-corrected chi connectivity index (χ1v) is 7.58. The molecule has 0 N–H and O–H groups in total. The fourth-order valence-corrected chi connectivity index (χ4v) is 2.34. The Labute approximate surface area is 140 Å². The minimum atomic E-state index is -0.473. The van der Waals surface area contributed by atoms with Gasteiger partial charge in [0.1, 0.15) is 18.0 Å². The van der Waals surface area contributed by atoms with Crippen LogP contribution in [0, 0.1) is 17.0 Å². The molecular weight excluding hydrogens is 308 g/mol. The van der Waals surface area contributed by atoms with Crippen molar-refractivity contribution in [3.63, 3.8) is 0 Å². The molecule has 0 aliphatic carbocycles. The lowest BCUT2D eigenvalue weighted by Crippen LogP contribution is -2.24. The standard InChI is InChI=1S/C18H20N2O4/c1-13-5-4-6-16(11-13)24-10-9-19(3)17-8-7-15(14(2)21)12-18(17)20(22)23/h4-8,11-12H,9-10H2,1-3H3. The Bertz CT molecular complexity index is 758. The van der Waals surface area contributed by atoms with E-state index in [0.29, 0.717) is 24.4 Å². The topological polar surface area (TPSA) is 72.7 Å². The molecule has 0 fully saturated rings. The highest BCUT2D eigenvalue weighted by molar-refractivity contribution is 5.95. The van der Waals surface area contributed by atoms with Crippen molar-refractivity contribution in [1.29, 1.82) is 0 Å². The first-order chi connectivity index (χ1) is 11.4. The quantitative estimate of drug-likeness (QED) is 0.441. The van der Waals surface area contributed by atoms with Gasteiger partial charge >= 0.3 is 0 Å². The average Bonchev–Trinajstić information content (AvgIpc) is 2.54. The lowest BCUT2D eigenvalue weighted by Gasteiger charge is -2.19. The molecule has 0 amide bonds. The molecule has 0 aliphatic heterocycles. The average molecular weight is 328 g/mol. The van der Waals surface area contributed by atoms with Crippen LogP contribution in [-0.4, -0.2) is 30.9 Å². The minimum absolute atomic E-state index is 0.0826. The largest absolute Gasteiger partial charge is 0.492 e. The summed E-state index contributed by atoms with van der Waals surface area (Å²) in [5, 5.41) is 11.3. The number of hydrogen-bond acceptors (Lipinski definition) is 5. The van der Waals surface area contributed by atoms with Gasteiger partial charge in [0.05, 0.1) is 11.5 Å². The molecule has 0 bridgehead atoms. The molecule has 0 unspecified atom stereocenters. The Morgan fingerprint density at radius 2 is 2.00 bits per heavy atom. The second-order valence-corrected chi connectivity index (χ2v) is 5.60. The third-order valence-electron chi connectivity index (χ3n) is 3.67. The number of hydrogen-bond donors (Lipinski definition) is 0. The Balaban J connectivity index is 2.07. The zero-order valence-corrected chi connectivity index (χ0v) is 14.0. The number of benzene rings is 2. The third kappa shape index (κ3) is 4.32. The summed E-state index contributed by atoms with van der Waals surface area (Å²) in [6, 6.07) is 12.2. The summed E-state index contributed by atoms with van der Waals surface area (Å²) in [7, 11) is 1.76. The highest BCUT2D eigenvalue weighted by Gasteiger charge is 2.19. The summed E-state index contributed by atoms with van der Waals surface area (Å²) in [4.78, 5) is 23.9. The van der Waals surface area contributed by atoms with Gasteiger partial charge in [0.2, 0.25) is 0 Å². The van der Waals surface area contributed by atoms with Gasteiger partial charge in [-0.3, -0.25) is 14.9 Å². The lowest BCUT2D eigenvalue weighted by atomic mass is 10.1. The van der Waals surface area contributed by atoms with Crippen LogP contribution in [0.4, 0.5) is 11.4 Å². The molecular formula is C18H20N2O4. The van der Waals surface area contributed by atoms with Gasteiger partial charge in [0, 0.05) is 18.7 Å². The van der Waals surface area contributed by atoms with Crippen molar-refractivity contribution in [2.75, 3.05) is 25.1 Å². The minimum Gasteiger partial charge on any atom is -0.492 e. The van der Waals surface area contributed by atoms with Gasteiger partial charge in [-0.15, -0.1) is 0 Å². The Hall–Kier alpha value is -2.89. The van der Waals surface area contributed by atoms with Crippen LogP contribution in [0.1, 0.15) is 22.8 Å². The SMILES string of the molecule is CC(=O)c1ccc(N(C)CCOc2cccc(C)c2)c([N+](=O)[O-])c1. The summed E-state index contributed by atoms with van der Waals surface area (Å²) >= 11 is 0. The van der Waals surface area contributed by atoms with Gasteiger partial charge in [0.25, 0.3) is 5.69 Å². The first-order valence-electron chi connectivity index (χ1n) is 7.58. The molecule has 0 atom stereocenters. The number of nitro benzene ring substituents is 1. The highest BCUT2D eigenvalue weighted by Crippen LogP contribution is 2.28. The number of ketones is 1. The van der Waals surface area contributed by atoms with E-state index < -0.39 is 4.92 Å². The van der Waals surface area contributed by atoms with Crippen LogP contribution in [0.3, 0.4) is 0 Å². The second kappa shape index (κ2) is 7.59. The third-order valence-corrected chi connectivity index (χ3v) is 3.67. The van der Waals surface area contributed by atoms with Gasteiger partial charge in [-0.05, 0) is 43.7 Å². The number of nitro groups is 1. The van der Waals surface area contributed by atoms with Gasteiger partial charge in [-0.2, -0.15) is 0 Å². The van der Waals surface area contributed by atoms with E-state index in [1.165, 1.54) is 13.0 Å². The summed E-state index contributed by atoms with van der Waals surface area (Å²) < 4.78 is 5.68. The molecule has 0 heterocycles. The Kier molecular flexibility index (Phi) is 5.52. The summed E-state index contributed by atoms with van der Waals surface area (Å²) in [6.07, 6.45) is 0. The molecule has 2 rings (SSSR count). The van der Waals surface area contributed by atoms with Crippen molar-refractivity contribution in [2.24, 2.45) is 0 Å². The monoisotopic (exact) mass is 328 g/mol. The van der Waals surface area contributed by atoms with Gasteiger partial charge in [-0.1, -0.05) is 12.1 Å². The predicted molar refractivity (Wildman–Crippen MR) is 93.0 cm³/mol. The molecule has 126 valence electrons. The summed E-state index contributed by atoms with van der Waals surface area (Å²) in [5.41, 5.74) is 1.81. The normalized spacial score (nSPS) is 10.3. The number of nitrogens with zero attached hydrogens (tertiary/aromatic N) is 2. The molecule has 0 aliphatic rings.